The first-order chi connectivity index (χ1) is 7.48. The van der Waals surface area contributed by atoms with Crippen molar-refractivity contribution in [2.45, 2.75) is 50.9 Å². The molecule has 0 nitrogen and oxygen atoms in total. The van der Waals surface area contributed by atoms with Crippen molar-refractivity contribution in [1.82, 2.24) is 0 Å². The number of alkyl halides is 2. The molecule has 0 radical (unpaired) electrons. The van der Waals surface area contributed by atoms with Gasteiger partial charge in [-0.15, -0.1) is 0 Å². The summed E-state index contributed by atoms with van der Waals surface area (Å²) in [5.41, 5.74) is 2.34. The van der Waals surface area contributed by atoms with Gasteiger partial charge in [0.25, 0.3) is 0 Å². The first-order valence-corrected chi connectivity index (χ1v) is 5.95. The first kappa shape index (κ1) is 11.6. The van der Waals surface area contributed by atoms with Crippen LogP contribution in [0.1, 0.15) is 56.1 Å². The Kier molecular flexibility index (Phi) is 3.00. The van der Waals surface area contributed by atoms with Crippen LogP contribution in [0.4, 0.5) is 8.78 Å². The molecule has 0 saturated heterocycles. The Morgan fingerprint density at radius 3 is 2.25 bits per heavy atom. The summed E-state index contributed by atoms with van der Waals surface area (Å²) in [6.07, 6.45) is 0.686. The van der Waals surface area contributed by atoms with Crippen LogP contribution in [0.25, 0.3) is 0 Å². The molecule has 0 bridgehead atoms. The predicted molar refractivity (Wildman–Crippen MR) is 62.1 cm³/mol. The monoisotopic (exact) mass is 224 g/mol. The van der Waals surface area contributed by atoms with Crippen LogP contribution in [0.15, 0.2) is 24.3 Å². The summed E-state index contributed by atoms with van der Waals surface area (Å²) in [6.45, 7) is 4.28. The fourth-order valence-electron chi connectivity index (χ4n) is 2.39. The van der Waals surface area contributed by atoms with Crippen LogP contribution in [-0.2, 0) is 0 Å². The van der Waals surface area contributed by atoms with Crippen molar-refractivity contribution < 1.29 is 8.78 Å². The van der Waals surface area contributed by atoms with Crippen molar-refractivity contribution >= 4 is 0 Å². The molecule has 1 atom stereocenters. The molecule has 2 heteroatoms. The van der Waals surface area contributed by atoms with Crippen molar-refractivity contribution in [3.05, 3.63) is 35.4 Å². The summed E-state index contributed by atoms with van der Waals surface area (Å²) in [5, 5.41) is 0. The molecule has 1 aromatic carbocycles. The van der Waals surface area contributed by atoms with Crippen LogP contribution in [-0.4, -0.2) is 5.92 Å². The Bertz CT molecular complexity index is 352. The molecular formula is C14H18F2. The molecule has 2 rings (SSSR count). The van der Waals surface area contributed by atoms with Gasteiger partial charge in [-0.2, -0.15) is 0 Å². The van der Waals surface area contributed by atoms with E-state index < -0.39 is 5.92 Å². The van der Waals surface area contributed by atoms with Gasteiger partial charge >= 0.3 is 0 Å². The highest BCUT2D eigenvalue weighted by Crippen LogP contribution is 2.44. The standard InChI is InChI=1S/C14H18F2/c1-10(2)11-3-5-12(6-4-11)13-7-8-14(15,16)9-13/h3-6,10,13H,7-9H2,1-2H3. The second kappa shape index (κ2) is 4.15. The fourth-order valence-corrected chi connectivity index (χ4v) is 2.39. The van der Waals surface area contributed by atoms with Gasteiger partial charge in [-0.05, 0) is 29.4 Å². The number of hydrogen-bond acceptors (Lipinski definition) is 0. The first-order valence-electron chi connectivity index (χ1n) is 5.95. The highest BCUT2D eigenvalue weighted by molar-refractivity contribution is 5.28. The van der Waals surface area contributed by atoms with E-state index in [4.69, 9.17) is 0 Å². The summed E-state index contributed by atoms with van der Waals surface area (Å²) >= 11 is 0. The zero-order valence-electron chi connectivity index (χ0n) is 9.84. The maximum atomic E-state index is 13.1. The lowest BCUT2D eigenvalue weighted by Crippen LogP contribution is -2.09. The number of hydrogen-bond donors (Lipinski definition) is 0. The van der Waals surface area contributed by atoms with E-state index in [1.807, 2.05) is 12.1 Å². The Labute approximate surface area is 95.7 Å². The van der Waals surface area contributed by atoms with Gasteiger partial charge in [0.15, 0.2) is 0 Å². The lowest BCUT2D eigenvalue weighted by atomic mass is 9.94. The summed E-state index contributed by atoms with van der Waals surface area (Å²) < 4.78 is 26.2. The Morgan fingerprint density at radius 1 is 1.19 bits per heavy atom. The quantitative estimate of drug-likeness (QED) is 0.682. The summed E-state index contributed by atoms with van der Waals surface area (Å²) in [4.78, 5) is 0. The number of benzene rings is 1. The van der Waals surface area contributed by atoms with E-state index >= 15 is 0 Å². The molecule has 16 heavy (non-hydrogen) atoms. The van der Waals surface area contributed by atoms with Crippen LogP contribution < -0.4 is 0 Å². The van der Waals surface area contributed by atoms with Crippen molar-refractivity contribution in [3.63, 3.8) is 0 Å². The lowest BCUT2D eigenvalue weighted by molar-refractivity contribution is 0.00777. The molecule has 0 N–H and O–H groups in total. The van der Waals surface area contributed by atoms with E-state index in [-0.39, 0.29) is 18.8 Å². The molecule has 0 aromatic heterocycles. The predicted octanol–water partition coefficient (Wildman–Crippen LogP) is 4.71. The number of halogens is 2. The average molecular weight is 224 g/mol. The van der Waals surface area contributed by atoms with Gasteiger partial charge in [-0.3, -0.25) is 0 Å². The van der Waals surface area contributed by atoms with E-state index in [0.717, 1.165) is 5.56 Å². The molecule has 1 aliphatic carbocycles. The Hall–Kier alpha value is -0.920. The lowest BCUT2D eigenvalue weighted by Gasteiger charge is -2.12. The minimum Gasteiger partial charge on any atom is -0.207 e. The van der Waals surface area contributed by atoms with Crippen molar-refractivity contribution in [2.24, 2.45) is 0 Å². The molecule has 0 aliphatic heterocycles. The molecule has 1 unspecified atom stereocenters. The molecule has 1 fully saturated rings. The Morgan fingerprint density at radius 2 is 1.81 bits per heavy atom. The largest absolute Gasteiger partial charge is 0.248 e. The molecular weight excluding hydrogens is 206 g/mol. The van der Waals surface area contributed by atoms with Crippen molar-refractivity contribution in [2.75, 3.05) is 0 Å². The van der Waals surface area contributed by atoms with Crippen LogP contribution in [0.5, 0.6) is 0 Å². The van der Waals surface area contributed by atoms with Gasteiger partial charge in [0, 0.05) is 12.8 Å². The van der Waals surface area contributed by atoms with Crippen molar-refractivity contribution in [1.29, 1.82) is 0 Å². The van der Waals surface area contributed by atoms with Gasteiger partial charge in [0.2, 0.25) is 5.92 Å². The smallest absolute Gasteiger partial charge is 0.207 e. The maximum absolute atomic E-state index is 13.1. The second-order valence-electron chi connectivity index (χ2n) is 5.12. The number of rotatable bonds is 2. The SMILES string of the molecule is CC(C)c1ccc(C2CCC(F)(F)C2)cc1. The third-order valence-electron chi connectivity index (χ3n) is 3.48. The van der Waals surface area contributed by atoms with Crippen LogP contribution in [0, 0.1) is 0 Å². The third-order valence-corrected chi connectivity index (χ3v) is 3.48. The normalized spacial score (nSPS) is 23.9. The van der Waals surface area contributed by atoms with Gasteiger partial charge < -0.3 is 0 Å². The summed E-state index contributed by atoms with van der Waals surface area (Å²) in [7, 11) is 0. The van der Waals surface area contributed by atoms with E-state index in [1.54, 1.807) is 0 Å². The van der Waals surface area contributed by atoms with E-state index in [1.165, 1.54) is 5.56 Å². The van der Waals surface area contributed by atoms with Crippen LogP contribution >= 0.6 is 0 Å². The zero-order chi connectivity index (χ0) is 11.8. The highest BCUT2D eigenvalue weighted by Gasteiger charge is 2.39. The summed E-state index contributed by atoms with van der Waals surface area (Å²) in [6, 6.07) is 8.16. The second-order valence-corrected chi connectivity index (χ2v) is 5.12. The van der Waals surface area contributed by atoms with Crippen LogP contribution in [0.3, 0.4) is 0 Å². The van der Waals surface area contributed by atoms with Gasteiger partial charge in [0.1, 0.15) is 0 Å². The highest BCUT2D eigenvalue weighted by atomic mass is 19.3. The van der Waals surface area contributed by atoms with E-state index in [9.17, 15) is 8.78 Å². The van der Waals surface area contributed by atoms with Gasteiger partial charge in [0.05, 0.1) is 0 Å². The topological polar surface area (TPSA) is 0 Å². The van der Waals surface area contributed by atoms with E-state index in [2.05, 4.69) is 26.0 Å². The molecule has 0 spiro atoms. The summed E-state index contributed by atoms with van der Waals surface area (Å²) in [5.74, 6) is -1.89. The Balaban J connectivity index is 2.11. The third kappa shape index (κ3) is 2.42. The molecule has 0 amide bonds. The van der Waals surface area contributed by atoms with Gasteiger partial charge in [-0.25, -0.2) is 8.78 Å². The maximum Gasteiger partial charge on any atom is 0.248 e. The molecule has 88 valence electrons. The van der Waals surface area contributed by atoms with E-state index in [0.29, 0.717) is 12.3 Å². The molecule has 1 saturated carbocycles. The van der Waals surface area contributed by atoms with Crippen molar-refractivity contribution in [3.8, 4) is 0 Å². The van der Waals surface area contributed by atoms with Crippen LogP contribution in [0.2, 0.25) is 0 Å². The minimum atomic E-state index is -2.44. The minimum absolute atomic E-state index is 0.0219. The molecule has 1 aliphatic rings. The van der Waals surface area contributed by atoms with Gasteiger partial charge in [-0.1, -0.05) is 38.1 Å². The molecule has 1 aromatic rings. The fraction of sp³-hybridized carbons (Fsp3) is 0.571. The zero-order valence-corrected chi connectivity index (χ0v) is 9.84. The average Bonchev–Trinajstić information content (AvgIpc) is 2.59. The molecule has 0 heterocycles.